The van der Waals surface area contributed by atoms with Gasteiger partial charge in [0.05, 0.1) is 0 Å². The minimum absolute atomic E-state index is 0.0372. The molecule has 0 fully saturated rings. The van der Waals surface area contributed by atoms with Gasteiger partial charge < -0.3 is 38.6 Å². The number of carboxylic acids is 2. The Morgan fingerprint density at radius 2 is 0.466 bits per heavy atom. The lowest BCUT2D eigenvalue weighted by molar-refractivity contribution is -0.139. The van der Waals surface area contributed by atoms with Crippen molar-refractivity contribution in [3.05, 3.63) is 141 Å². The van der Waals surface area contributed by atoms with Crippen LogP contribution in [0.25, 0.3) is 32.3 Å². The fraction of sp³-hybridized carbons (Fsp3) is 0.624. The van der Waals surface area contributed by atoms with Gasteiger partial charge in [-0.1, -0.05) is 353 Å². The zero-order chi connectivity index (χ0) is 98.5. The molecule has 0 spiro atoms. The highest BCUT2D eigenvalue weighted by Gasteiger charge is 2.27. The van der Waals surface area contributed by atoms with Crippen molar-refractivity contribution in [3.63, 3.8) is 0 Å². The van der Waals surface area contributed by atoms with Crippen molar-refractivity contribution in [2.75, 3.05) is 0 Å². The van der Waals surface area contributed by atoms with Crippen molar-refractivity contribution in [2.24, 2.45) is 53.3 Å². The first-order chi connectivity index (χ1) is 63.4. The summed E-state index contributed by atoms with van der Waals surface area (Å²) in [4.78, 5) is 97.5. The fourth-order valence-corrected chi connectivity index (χ4v) is 17.6. The maximum absolute atomic E-state index is 12.9. The van der Waals surface area contributed by atoms with Crippen molar-refractivity contribution >= 4 is 80.1 Å². The van der Waals surface area contributed by atoms with Crippen molar-refractivity contribution in [1.29, 1.82) is 0 Å². The average Bonchev–Trinajstić information content (AvgIpc) is 0.773. The number of benzene rings is 6. The number of carboxylic acid groups (broad SMARTS) is 2. The van der Waals surface area contributed by atoms with E-state index in [9.17, 15) is 38.4 Å². The number of carbonyl (C=O) groups excluding carboxylic acids is 6. The lowest BCUT2D eigenvalue weighted by Crippen LogP contribution is -2.14. The summed E-state index contributed by atoms with van der Waals surface area (Å²) in [6.45, 7) is 48.0. The van der Waals surface area contributed by atoms with Gasteiger partial charge in [-0.3, -0.25) is 38.4 Å². The molecule has 0 aliphatic heterocycles. The third-order valence-corrected chi connectivity index (χ3v) is 26.2. The highest BCUT2D eigenvalue weighted by molar-refractivity contribution is 6.01. The van der Waals surface area contributed by atoms with E-state index >= 15 is 0 Å². The van der Waals surface area contributed by atoms with Crippen LogP contribution in [0.3, 0.4) is 0 Å². The fourth-order valence-electron chi connectivity index (χ4n) is 17.6. The normalized spacial score (nSPS) is 13.3. The van der Waals surface area contributed by atoms with Crippen molar-refractivity contribution < 1.29 is 77.0 Å². The Morgan fingerprint density at radius 3 is 0.692 bits per heavy atom. The molecule has 133 heavy (non-hydrogen) atoms. The van der Waals surface area contributed by atoms with E-state index in [1.807, 2.05) is 95.3 Å². The average molecular weight is 1840 g/mol. The minimum atomic E-state index is -0.972. The molecule has 0 aromatic heterocycles. The number of hydrogen-bond donors (Lipinski definition) is 2. The van der Waals surface area contributed by atoms with E-state index in [0.717, 1.165) is 130 Å². The van der Waals surface area contributed by atoms with E-state index in [-0.39, 0.29) is 62.4 Å². The molecule has 0 saturated carbocycles. The van der Waals surface area contributed by atoms with Crippen LogP contribution in [-0.4, -0.2) is 58.0 Å². The molecule has 0 amide bonds. The van der Waals surface area contributed by atoms with Gasteiger partial charge in [0.15, 0.2) is 0 Å². The van der Waals surface area contributed by atoms with E-state index in [4.69, 9.17) is 38.6 Å². The lowest BCUT2D eigenvalue weighted by atomic mass is 9.91. The number of ether oxygens (including phenoxy) is 6. The SMILES string of the molecule is C/C(=C\Cc1c(C)c(OC(=O)CCCC(=O)O)c2ccccc2c1OC(=O)CCCC(=O)O)CCCC(C)CCCC(C)CCCC(C)C.CCC(=O)Oc1c(C)c(C/C=C(\C)CCCC(C)CCCC(C)CCCC(C)C)c(OC(=O)CC)c2ccccc12.CCCC(=O)Oc1c(C)c(C/C=C(\C)CCCC(C)CCCC(C)CCCC(C)C)c(OC(=O)CCC)c2ccccc12. The van der Waals surface area contributed by atoms with Gasteiger partial charge >= 0.3 is 47.8 Å². The first-order valence-corrected chi connectivity index (χ1v) is 51.7. The molecule has 0 saturated heterocycles. The van der Waals surface area contributed by atoms with Gasteiger partial charge in [-0.15, -0.1) is 0 Å². The number of aliphatic carboxylic acids is 2. The van der Waals surface area contributed by atoms with E-state index < -0.39 is 23.9 Å². The van der Waals surface area contributed by atoms with Crippen molar-refractivity contribution in [3.8, 4) is 34.5 Å². The number of allylic oxidation sites excluding steroid dienone is 6. The first-order valence-electron chi connectivity index (χ1n) is 51.7. The maximum Gasteiger partial charge on any atom is 0.311 e. The van der Waals surface area contributed by atoms with Crippen LogP contribution in [0.15, 0.2) is 108 Å². The first kappa shape index (κ1) is 116. The molecule has 2 N–H and O–H groups in total. The topological polar surface area (TPSA) is 232 Å². The number of esters is 6. The zero-order valence-electron chi connectivity index (χ0n) is 86.7. The molecular formula is C117H176O16. The second-order valence-corrected chi connectivity index (χ2v) is 40.3. The molecule has 6 unspecified atom stereocenters. The standard InChI is InChI=1S/C41H60O8.C39H60O4.C37H56O4/c1-28(2)14-9-15-29(3)16-10-17-30(4)18-11-19-31(5)26-27-33-32(6)40(48-38(46)24-12-22-36(42)43)34-20-7-8-21-35(34)41(33)49-39(47)25-13-23-37(44)45;1-9-16-36(40)42-38-32(8)33(39(43-37(41)17-10-2)35-25-12-11-24-34(35)38)27-26-31(7)23-15-22-30(6)21-14-20-29(5)19-13-18-28(3)4;1-9-34(38)40-36-30(8)31(37(41-35(39)10-2)33-23-12-11-22-32(33)36)25-24-29(7)21-15-20-28(6)19-14-18-27(5)17-13-16-26(3)4/h7-8,20-21,26,28-30H,9-19,22-25,27H2,1-6H3,(H,42,43)(H,44,45);11-12,24-26,28-30H,9-10,13-23,27H2,1-8H3;11-12,22-24,26-28H,9-10,13-21,25H2,1-8H3/b2*31-26+;29-24+. The smallest absolute Gasteiger partial charge is 0.311 e. The van der Waals surface area contributed by atoms with Crippen LogP contribution in [0.5, 0.6) is 34.5 Å². The molecule has 6 rings (SSSR count). The van der Waals surface area contributed by atoms with Crippen LogP contribution in [0.2, 0.25) is 0 Å². The van der Waals surface area contributed by atoms with Crippen LogP contribution < -0.4 is 28.4 Å². The monoisotopic (exact) mass is 1840 g/mol. The van der Waals surface area contributed by atoms with Gasteiger partial charge in [-0.2, -0.15) is 0 Å². The van der Waals surface area contributed by atoms with Gasteiger partial charge in [0, 0.05) is 100 Å². The molecule has 0 aliphatic rings. The largest absolute Gasteiger partial charge is 0.481 e. The van der Waals surface area contributed by atoms with Crippen molar-refractivity contribution in [1.82, 2.24) is 0 Å². The molecule has 740 valence electrons. The highest BCUT2D eigenvalue weighted by Crippen LogP contribution is 2.46. The molecule has 16 nitrogen and oxygen atoms in total. The summed E-state index contributed by atoms with van der Waals surface area (Å²) in [6, 6.07) is 22.7. The molecule has 0 heterocycles. The quantitative estimate of drug-likeness (QED) is 0.0205. The summed E-state index contributed by atoms with van der Waals surface area (Å²) in [5, 5.41) is 22.4. The van der Waals surface area contributed by atoms with Crippen molar-refractivity contribution in [2.45, 2.75) is 422 Å². The third kappa shape index (κ3) is 45.5. The van der Waals surface area contributed by atoms with Gasteiger partial charge in [-0.05, 0) is 195 Å². The van der Waals surface area contributed by atoms with E-state index in [0.29, 0.717) is 107 Å². The molecule has 0 radical (unpaired) electrons. The Balaban J connectivity index is 0.000000419. The predicted molar refractivity (Wildman–Crippen MR) is 550 cm³/mol. The van der Waals surface area contributed by atoms with E-state index in [2.05, 4.69) is 122 Å². The Labute approximate surface area is 803 Å². The second-order valence-electron chi connectivity index (χ2n) is 40.3. The maximum atomic E-state index is 12.9. The molecule has 0 aliphatic carbocycles. The van der Waals surface area contributed by atoms with Gasteiger partial charge in [-0.25, -0.2) is 0 Å². The summed E-state index contributed by atoms with van der Waals surface area (Å²) in [5.74, 6) is 6.15. The van der Waals surface area contributed by atoms with Crippen LogP contribution >= 0.6 is 0 Å². The Morgan fingerprint density at radius 1 is 0.263 bits per heavy atom. The minimum Gasteiger partial charge on any atom is -0.481 e. The molecular weight excluding hydrogens is 1660 g/mol. The third-order valence-electron chi connectivity index (χ3n) is 26.2. The van der Waals surface area contributed by atoms with E-state index in [1.54, 1.807) is 26.0 Å². The van der Waals surface area contributed by atoms with Crippen LogP contribution in [0.4, 0.5) is 0 Å². The predicted octanol–water partition coefficient (Wildman–Crippen LogP) is 32.6. The van der Waals surface area contributed by atoms with Crippen LogP contribution in [0, 0.1) is 74.0 Å². The van der Waals surface area contributed by atoms with Gasteiger partial charge in [0.1, 0.15) is 34.5 Å². The second kappa shape index (κ2) is 64.9. The summed E-state index contributed by atoms with van der Waals surface area (Å²) in [7, 11) is 0. The van der Waals surface area contributed by atoms with E-state index in [1.165, 1.54) is 164 Å². The Hall–Kier alpha value is -8.92. The molecule has 6 aromatic carbocycles. The number of rotatable bonds is 62. The van der Waals surface area contributed by atoms with Crippen LogP contribution in [-0.2, 0) is 57.6 Å². The summed E-state index contributed by atoms with van der Waals surface area (Å²) >= 11 is 0. The molecule has 0 bridgehead atoms. The zero-order valence-corrected chi connectivity index (χ0v) is 86.7. The number of hydrogen-bond acceptors (Lipinski definition) is 14. The molecule has 6 aromatic rings. The Kier molecular flexibility index (Phi) is 56.8. The summed E-state index contributed by atoms with van der Waals surface area (Å²) in [6.07, 6.45) is 45.4. The van der Waals surface area contributed by atoms with Crippen LogP contribution in [0.1, 0.15) is 415 Å². The summed E-state index contributed by atoms with van der Waals surface area (Å²) in [5.41, 5.74) is 8.81. The van der Waals surface area contributed by atoms with Gasteiger partial charge in [0.2, 0.25) is 0 Å². The molecule has 16 heteroatoms. The number of carbonyl (C=O) groups is 8. The van der Waals surface area contributed by atoms with Gasteiger partial charge in [0.25, 0.3) is 0 Å². The highest BCUT2D eigenvalue weighted by atomic mass is 16.6. The number of fused-ring (bicyclic) bond motifs is 3. The lowest BCUT2D eigenvalue weighted by Gasteiger charge is -2.19. The summed E-state index contributed by atoms with van der Waals surface area (Å²) < 4.78 is 35.4. The Bertz CT molecular complexity index is 4640. The molecule has 6 atom stereocenters.